The molecule has 1 amide bonds. The van der Waals surface area contributed by atoms with Crippen LogP contribution in [0.2, 0.25) is 0 Å². The number of hydrogen-bond acceptors (Lipinski definition) is 4. The van der Waals surface area contributed by atoms with Crippen LogP contribution in [0.15, 0.2) is 18.2 Å². The molecular formula is C14H19NO4. The minimum absolute atomic E-state index is 0.0508. The van der Waals surface area contributed by atoms with Gasteiger partial charge in [0.2, 0.25) is 0 Å². The summed E-state index contributed by atoms with van der Waals surface area (Å²) >= 11 is 0. The highest BCUT2D eigenvalue weighted by Gasteiger charge is 2.15. The molecule has 0 saturated heterocycles. The molecule has 5 heteroatoms. The number of rotatable bonds is 5. The maximum Gasteiger partial charge on any atom is 0.255 e. The molecule has 1 fully saturated rings. The molecule has 0 bridgehead atoms. The van der Waals surface area contributed by atoms with Gasteiger partial charge in [0.15, 0.2) is 0 Å². The maximum absolute atomic E-state index is 11.8. The molecule has 0 radical (unpaired) electrons. The molecule has 1 aliphatic carbocycles. The Morgan fingerprint density at radius 2 is 2.05 bits per heavy atom. The van der Waals surface area contributed by atoms with Gasteiger partial charge in [-0.3, -0.25) is 4.79 Å². The monoisotopic (exact) mass is 265 g/mol. The zero-order valence-corrected chi connectivity index (χ0v) is 10.8. The van der Waals surface area contributed by atoms with Crippen molar-refractivity contribution in [1.29, 1.82) is 0 Å². The second-order valence-electron chi connectivity index (χ2n) is 4.73. The van der Waals surface area contributed by atoms with Crippen LogP contribution < -0.4 is 5.32 Å². The highest BCUT2D eigenvalue weighted by Crippen LogP contribution is 2.22. The molecule has 1 aromatic carbocycles. The summed E-state index contributed by atoms with van der Waals surface area (Å²) in [6, 6.07) is 3.86. The van der Waals surface area contributed by atoms with Gasteiger partial charge in [0.25, 0.3) is 5.91 Å². The first-order valence-corrected chi connectivity index (χ1v) is 6.58. The van der Waals surface area contributed by atoms with Gasteiger partial charge in [-0.25, -0.2) is 0 Å². The molecule has 0 aromatic heterocycles. The van der Waals surface area contributed by atoms with E-state index in [9.17, 15) is 15.0 Å². The highest BCUT2D eigenvalue weighted by molar-refractivity contribution is 5.97. The quantitative estimate of drug-likeness (QED) is 0.560. The van der Waals surface area contributed by atoms with Crippen LogP contribution in [0.3, 0.4) is 0 Å². The zero-order valence-electron chi connectivity index (χ0n) is 10.8. The molecule has 1 aliphatic rings. The van der Waals surface area contributed by atoms with Gasteiger partial charge in [0.1, 0.15) is 11.5 Å². The van der Waals surface area contributed by atoms with Crippen LogP contribution in [-0.4, -0.2) is 35.4 Å². The summed E-state index contributed by atoms with van der Waals surface area (Å²) in [4.78, 5) is 11.8. The molecular weight excluding hydrogens is 246 g/mol. The Hall–Kier alpha value is -1.75. The molecule has 0 spiro atoms. The van der Waals surface area contributed by atoms with Gasteiger partial charge in [-0.15, -0.1) is 0 Å². The van der Waals surface area contributed by atoms with E-state index in [1.807, 2.05) is 0 Å². The number of nitrogens with one attached hydrogen (secondary N) is 1. The van der Waals surface area contributed by atoms with Crippen LogP contribution in [0.1, 0.15) is 36.0 Å². The predicted molar refractivity (Wildman–Crippen MR) is 70.3 cm³/mol. The highest BCUT2D eigenvalue weighted by atomic mass is 16.5. The normalized spacial score (nSPS) is 15.6. The fourth-order valence-electron chi connectivity index (χ4n) is 2.25. The SMILES string of the molecule is O=C(NCCOC1CCCC1)c1cc(O)ccc1O. The van der Waals surface area contributed by atoms with E-state index in [1.54, 1.807) is 0 Å². The molecule has 1 aromatic rings. The van der Waals surface area contributed by atoms with Crippen LogP contribution in [-0.2, 0) is 4.74 Å². The van der Waals surface area contributed by atoms with E-state index < -0.39 is 5.91 Å². The predicted octanol–water partition coefficient (Wildman–Crippen LogP) is 1.79. The summed E-state index contributed by atoms with van der Waals surface area (Å²) in [5, 5.41) is 21.5. The van der Waals surface area contributed by atoms with Gasteiger partial charge in [-0.2, -0.15) is 0 Å². The number of phenols is 2. The third-order valence-corrected chi connectivity index (χ3v) is 3.27. The van der Waals surface area contributed by atoms with Gasteiger partial charge in [-0.1, -0.05) is 12.8 Å². The minimum atomic E-state index is -0.413. The second kappa shape index (κ2) is 6.43. The van der Waals surface area contributed by atoms with Gasteiger partial charge in [0.05, 0.1) is 18.3 Å². The average molecular weight is 265 g/mol. The first-order chi connectivity index (χ1) is 9.16. The summed E-state index contributed by atoms with van der Waals surface area (Å²) in [6.07, 6.45) is 4.95. The molecule has 0 atom stereocenters. The van der Waals surface area contributed by atoms with E-state index in [2.05, 4.69) is 5.32 Å². The van der Waals surface area contributed by atoms with Crippen molar-refractivity contribution < 1.29 is 19.7 Å². The van der Waals surface area contributed by atoms with Crippen molar-refractivity contribution in [2.75, 3.05) is 13.2 Å². The molecule has 104 valence electrons. The Labute approximate surface area is 112 Å². The van der Waals surface area contributed by atoms with E-state index in [0.717, 1.165) is 12.8 Å². The van der Waals surface area contributed by atoms with Crippen LogP contribution in [0, 0.1) is 0 Å². The van der Waals surface area contributed by atoms with Crippen LogP contribution >= 0.6 is 0 Å². The van der Waals surface area contributed by atoms with Crippen LogP contribution in [0.4, 0.5) is 0 Å². The van der Waals surface area contributed by atoms with E-state index in [4.69, 9.17) is 4.74 Å². The van der Waals surface area contributed by atoms with Crippen LogP contribution in [0.5, 0.6) is 11.5 Å². The average Bonchev–Trinajstić information content (AvgIpc) is 2.90. The van der Waals surface area contributed by atoms with Gasteiger partial charge in [-0.05, 0) is 31.0 Å². The Bertz CT molecular complexity index is 441. The lowest BCUT2D eigenvalue weighted by Crippen LogP contribution is -2.28. The molecule has 0 aliphatic heterocycles. The van der Waals surface area contributed by atoms with Crippen LogP contribution in [0.25, 0.3) is 0 Å². The molecule has 1 saturated carbocycles. The largest absolute Gasteiger partial charge is 0.508 e. The number of hydrogen-bond donors (Lipinski definition) is 3. The van der Waals surface area contributed by atoms with E-state index in [-0.39, 0.29) is 17.1 Å². The van der Waals surface area contributed by atoms with E-state index in [0.29, 0.717) is 19.3 Å². The van der Waals surface area contributed by atoms with Crippen molar-refractivity contribution in [2.45, 2.75) is 31.8 Å². The third kappa shape index (κ3) is 3.86. The fourth-order valence-corrected chi connectivity index (χ4v) is 2.25. The standard InChI is InChI=1S/C14H19NO4/c16-10-5-6-13(17)12(9-10)14(18)15-7-8-19-11-3-1-2-4-11/h5-6,9,11,16-17H,1-4,7-8H2,(H,15,18). The fraction of sp³-hybridized carbons (Fsp3) is 0.500. The lowest BCUT2D eigenvalue weighted by molar-refractivity contribution is 0.0581. The van der Waals surface area contributed by atoms with Crippen molar-refractivity contribution in [3.8, 4) is 11.5 Å². The maximum atomic E-state index is 11.8. The molecule has 0 heterocycles. The van der Waals surface area contributed by atoms with Crippen molar-refractivity contribution >= 4 is 5.91 Å². The van der Waals surface area contributed by atoms with Gasteiger partial charge < -0.3 is 20.3 Å². The van der Waals surface area contributed by atoms with Gasteiger partial charge in [0, 0.05) is 6.54 Å². The number of ether oxygens (including phenoxy) is 1. The molecule has 19 heavy (non-hydrogen) atoms. The third-order valence-electron chi connectivity index (χ3n) is 3.27. The molecule has 3 N–H and O–H groups in total. The van der Waals surface area contributed by atoms with E-state index in [1.165, 1.54) is 31.0 Å². The van der Waals surface area contributed by atoms with Crippen molar-refractivity contribution in [1.82, 2.24) is 5.32 Å². The number of carbonyl (C=O) groups is 1. The molecule has 0 unspecified atom stereocenters. The van der Waals surface area contributed by atoms with Crippen molar-refractivity contribution in [3.05, 3.63) is 23.8 Å². The lowest BCUT2D eigenvalue weighted by atomic mass is 10.2. The van der Waals surface area contributed by atoms with E-state index >= 15 is 0 Å². The van der Waals surface area contributed by atoms with Gasteiger partial charge >= 0.3 is 0 Å². The first kappa shape index (κ1) is 13.7. The summed E-state index contributed by atoms with van der Waals surface area (Å²) in [5.74, 6) is -0.611. The molecule has 2 rings (SSSR count). The lowest BCUT2D eigenvalue weighted by Gasteiger charge is -2.12. The summed E-state index contributed by atoms with van der Waals surface area (Å²) in [6.45, 7) is 0.862. The number of phenolic OH excluding ortho intramolecular Hbond substituents is 2. The molecule has 5 nitrogen and oxygen atoms in total. The Balaban J connectivity index is 1.75. The van der Waals surface area contributed by atoms with Crippen molar-refractivity contribution in [3.63, 3.8) is 0 Å². The Morgan fingerprint density at radius 1 is 1.32 bits per heavy atom. The Kier molecular flexibility index (Phi) is 4.63. The number of amides is 1. The smallest absolute Gasteiger partial charge is 0.255 e. The first-order valence-electron chi connectivity index (χ1n) is 6.58. The zero-order chi connectivity index (χ0) is 13.7. The van der Waals surface area contributed by atoms with Crippen molar-refractivity contribution in [2.24, 2.45) is 0 Å². The second-order valence-corrected chi connectivity index (χ2v) is 4.73. The number of aromatic hydroxyl groups is 2. The summed E-state index contributed by atoms with van der Waals surface area (Å²) in [7, 11) is 0. The minimum Gasteiger partial charge on any atom is -0.508 e. The summed E-state index contributed by atoms with van der Waals surface area (Å²) < 4.78 is 5.62. The number of benzene rings is 1. The Morgan fingerprint density at radius 3 is 2.79 bits per heavy atom. The summed E-state index contributed by atoms with van der Waals surface area (Å²) in [5.41, 5.74) is 0.0702. The topological polar surface area (TPSA) is 78.8 Å². The number of carbonyl (C=O) groups excluding carboxylic acids is 1.